The molecule has 13 heavy (non-hydrogen) atoms. The molecule has 0 atom stereocenters. The van der Waals surface area contributed by atoms with Crippen molar-refractivity contribution in [1.82, 2.24) is 0 Å². The van der Waals surface area contributed by atoms with Crippen LogP contribution in [0.15, 0.2) is 22.7 Å². The SMILES string of the molecule is CSCCNc1cc(Br)ccc1Cl. The van der Waals surface area contributed by atoms with Crippen LogP contribution in [0.25, 0.3) is 0 Å². The summed E-state index contributed by atoms with van der Waals surface area (Å²) in [6.45, 7) is 0.942. The predicted octanol–water partition coefficient (Wildman–Crippen LogP) is 3.88. The van der Waals surface area contributed by atoms with E-state index in [-0.39, 0.29) is 0 Å². The van der Waals surface area contributed by atoms with Crippen LogP contribution >= 0.6 is 39.3 Å². The summed E-state index contributed by atoms with van der Waals surface area (Å²) in [5.74, 6) is 1.09. The number of anilines is 1. The monoisotopic (exact) mass is 279 g/mol. The fourth-order valence-electron chi connectivity index (χ4n) is 0.921. The second-order valence-electron chi connectivity index (χ2n) is 2.54. The van der Waals surface area contributed by atoms with Gasteiger partial charge in [-0.2, -0.15) is 11.8 Å². The summed E-state index contributed by atoms with van der Waals surface area (Å²) in [7, 11) is 0. The first kappa shape index (κ1) is 11.2. The van der Waals surface area contributed by atoms with Crippen LogP contribution in [0.5, 0.6) is 0 Å². The van der Waals surface area contributed by atoms with E-state index in [4.69, 9.17) is 11.6 Å². The Morgan fingerprint density at radius 2 is 2.31 bits per heavy atom. The molecule has 1 rings (SSSR count). The van der Waals surface area contributed by atoms with Gasteiger partial charge in [0, 0.05) is 16.8 Å². The minimum Gasteiger partial charge on any atom is -0.383 e. The predicted molar refractivity (Wildman–Crippen MR) is 66.0 cm³/mol. The fraction of sp³-hybridized carbons (Fsp3) is 0.333. The molecule has 0 heterocycles. The first-order valence-electron chi connectivity index (χ1n) is 3.92. The van der Waals surface area contributed by atoms with Gasteiger partial charge in [-0.3, -0.25) is 0 Å². The minimum atomic E-state index is 0.768. The molecule has 0 saturated heterocycles. The zero-order valence-corrected chi connectivity index (χ0v) is 10.5. The smallest absolute Gasteiger partial charge is 0.0638 e. The highest BCUT2D eigenvalue weighted by Gasteiger charge is 1.99. The quantitative estimate of drug-likeness (QED) is 0.840. The van der Waals surface area contributed by atoms with Crippen molar-refractivity contribution in [2.45, 2.75) is 0 Å². The van der Waals surface area contributed by atoms with Crippen molar-refractivity contribution in [2.75, 3.05) is 23.9 Å². The van der Waals surface area contributed by atoms with Crippen molar-refractivity contribution in [3.05, 3.63) is 27.7 Å². The summed E-state index contributed by atoms with van der Waals surface area (Å²) in [6, 6.07) is 5.80. The molecule has 72 valence electrons. The number of benzene rings is 1. The average Bonchev–Trinajstić information content (AvgIpc) is 2.11. The highest BCUT2D eigenvalue weighted by molar-refractivity contribution is 9.10. The van der Waals surface area contributed by atoms with Gasteiger partial charge in [-0.15, -0.1) is 0 Å². The lowest BCUT2D eigenvalue weighted by molar-refractivity contribution is 1.23. The van der Waals surface area contributed by atoms with E-state index in [2.05, 4.69) is 27.5 Å². The molecular weight excluding hydrogens is 270 g/mol. The Labute approximate surface area is 96.4 Å². The average molecular weight is 281 g/mol. The van der Waals surface area contributed by atoms with E-state index in [1.807, 2.05) is 30.0 Å². The van der Waals surface area contributed by atoms with Crippen molar-refractivity contribution in [3.8, 4) is 0 Å². The van der Waals surface area contributed by atoms with Gasteiger partial charge in [0.2, 0.25) is 0 Å². The van der Waals surface area contributed by atoms with E-state index < -0.39 is 0 Å². The summed E-state index contributed by atoms with van der Waals surface area (Å²) in [6.07, 6.45) is 2.09. The van der Waals surface area contributed by atoms with Gasteiger partial charge in [-0.05, 0) is 24.5 Å². The van der Waals surface area contributed by atoms with E-state index in [9.17, 15) is 0 Å². The first-order valence-corrected chi connectivity index (χ1v) is 6.48. The Balaban J connectivity index is 2.59. The lowest BCUT2D eigenvalue weighted by atomic mass is 10.3. The summed E-state index contributed by atoms with van der Waals surface area (Å²) in [4.78, 5) is 0. The molecule has 0 saturated carbocycles. The second-order valence-corrected chi connectivity index (χ2v) is 4.85. The molecule has 4 heteroatoms. The third-order valence-electron chi connectivity index (χ3n) is 1.55. The van der Waals surface area contributed by atoms with Gasteiger partial charge in [0.1, 0.15) is 0 Å². The normalized spacial score (nSPS) is 10.1. The Hall–Kier alpha value is 0.140. The molecule has 0 aliphatic rings. The number of rotatable bonds is 4. The molecule has 0 unspecified atom stereocenters. The molecule has 1 N–H and O–H groups in total. The van der Waals surface area contributed by atoms with Crippen molar-refractivity contribution < 1.29 is 0 Å². The molecule has 0 spiro atoms. The molecule has 1 aromatic carbocycles. The maximum atomic E-state index is 5.99. The first-order chi connectivity index (χ1) is 6.24. The van der Waals surface area contributed by atoms with Gasteiger partial charge < -0.3 is 5.32 Å². The Bertz CT molecular complexity index is 280. The van der Waals surface area contributed by atoms with Crippen LogP contribution < -0.4 is 5.32 Å². The third-order valence-corrected chi connectivity index (χ3v) is 2.99. The largest absolute Gasteiger partial charge is 0.383 e. The van der Waals surface area contributed by atoms with Crippen LogP contribution in [0.4, 0.5) is 5.69 Å². The molecule has 0 aliphatic carbocycles. The van der Waals surface area contributed by atoms with Crippen molar-refractivity contribution in [2.24, 2.45) is 0 Å². The molecule has 0 amide bonds. The van der Waals surface area contributed by atoms with Crippen LogP contribution in [0.2, 0.25) is 5.02 Å². The summed E-state index contributed by atoms with van der Waals surface area (Å²) in [5, 5.41) is 4.04. The van der Waals surface area contributed by atoms with E-state index in [0.717, 1.165) is 27.5 Å². The van der Waals surface area contributed by atoms with Crippen LogP contribution in [-0.2, 0) is 0 Å². The summed E-state index contributed by atoms with van der Waals surface area (Å²) >= 11 is 11.2. The number of halogens is 2. The third kappa shape index (κ3) is 3.79. The molecule has 0 fully saturated rings. The van der Waals surface area contributed by atoms with Gasteiger partial charge in [0.05, 0.1) is 10.7 Å². The molecule has 0 radical (unpaired) electrons. The van der Waals surface area contributed by atoms with E-state index >= 15 is 0 Å². The lowest BCUT2D eigenvalue weighted by Gasteiger charge is -2.07. The molecule has 1 aromatic rings. The van der Waals surface area contributed by atoms with E-state index in [0.29, 0.717) is 0 Å². The number of nitrogens with one attached hydrogen (secondary N) is 1. The fourth-order valence-corrected chi connectivity index (χ4v) is 1.77. The number of hydrogen-bond acceptors (Lipinski definition) is 2. The zero-order valence-electron chi connectivity index (χ0n) is 7.31. The topological polar surface area (TPSA) is 12.0 Å². The van der Waals surface area contributed by atoms with Crippen molar-refractivity contribution in [1.29, 1.82) is 0 Å². The molecular formula is C9H11BrClNS. The van der Waals surface area contributed by atoms with Gasteiger partial charge in [-0.1, -0.05) is 27.5 Å². The number of thioether (sulfide) groups is 1. The second kappa shape index (κ2) is 5.78. The van der Waals surface area contributed by atoms with Crippen LogP contribution in [-0.4, -0.2) is 18.6 Å². The molecule has 0 bridgehead atoms. The van der Waals surface area contributed by atoms with Gasteiger partial charge in [0.15, 0.2) is 0 Å². The zero-order chi connectivity index (χ0) is 9.68. The van der Waals surface area contributed by atoms with E-state index in [1.54, 1.807) is 0 Å². The van der Waals surface area contributed by atoms with Crippen molar-refractivity contribution >= 4 is 45.0 Å². The highest BCUT2D eigenvalue weighted by Crippen LogP contribution is 2.25. The molecule has 0 aromatic heterocycles. The van der Waals surface area contributed by atoms with Crippen LogP contribution in [0, 0.1) is 0 Å². The highest BCUT2D eigenvalue weighted by atomic mass is 79.9. The number of hydrogen-bond donors (Lipinski definition) is 1. The van der Waals surface area contributed by atoms with Gasteiger partial charge in [0.25, 0.3) is 0 Å². The molecule has 0 aliphatic heterocycles. The molecule has 1 nitrogen and oxygen atoms in total. The van der Waals surface area contributed by atoms with Crippen LogP contribution in [0.3, 0.4) is 0 Å². The van der Waals surface area contributed by atoms with Gasteiger partial charge in [-0.25, -0.2) is 0 Å². The van der Waals surface area contributed by atoms with Gasteiger partial charge >= 0.3 is 0 Å². The Kier molecular flexibility index (Phi) is 4.99. The maximum Gasteiger partial charge on any atom is 0.0638 e. The minimum absolute atomic E-state index is 0.768. The standard InChI is InChI=1S/C9H11BrClNS/c1-13-5-4-12-9-6-7(10)2-3-8(9)11/h2-3,6,12H,4-5H2,1H3. The van der Waals surface area contributed by atoms with Crippen molar-refractivity contribution in [3.63, 3.8) is 0 Å². The Morgan fingerprint density at radius 1 is 1.54 bits per heavy atom. The lowest BCUT2D eigenvalue weighted by Crippen LogP contribution is -2.03. The van der Waals surface area contributed by atoms with Crippen LogP contribution in [0.1, 0.15) is 0 Å². The van der Waals surface area contributed by atoms with E-state index in [1.165, 1.54) is 0 Å². The Morgan fingerprint density at radius 3 is 3.00 bits per heavy atom. The maximum absolute atomic E-state index is 5.99. The summed E-state index contributed by atoms with van der Waals surface area (Å²) < 4.78 is 1.04. The summed E-state index contributed by atoms with van der Waals surface area (Å²) in [5.41, 5.74) is 0.991.